The highest BCUT2D eigenvalue weighted by Gasteiger charge is 2.64. The summed E-state index contributed by atoms with van der Waals surface area (Å²) >= 11 is 0. The highest BCUT2D eigenvalue weighted by Crippen LogP contribution is 2.58. The molecule has 0 spiro atoms. The fraction of sp³-hybridized carbons (Fsp3) is 0.241. The van der Waals surface area contributed by atoms with Crippen molar-refractivity contribution in [1.82, 2.24) is 19.7 Å². The molecule has 0 radical (unpaired) electrons. The van der Waals surface area contributed by atoms with Gasteiger partial charge in [0.05, 0.1) is 36.6 Å². The van der Waals surface area contributed by atoms with Crippen LogP contribution >= 0.6 is 0 Å². The van der Waals surface area contributed by atoms with Gasteiger partial charge in [0, 0.05) is 36.2 Å². The Morgan fingerprint density at radius 2 is 1.62 bits per heavy atom. The highest BCUT2D eigenvalue weighted by molar-refractivity contribution is 5.91. The third-order valence-electron chi connectivity index (χ3n) is 6.78. The van der Waals surface area contributed by atoms with Crippen molar-refractivity contribution in [3.05, 3.63) is 106 Å². The Hall–Kier alpha value is -5.03. The van der Waals surface area contributed by atoms with E-state index in [1.807, 2.05) is 12.1 Å². The Morgan fingerprint density at radius 3 is 2.15 bits per heavy atom. The van der Waals surface area contributed by atoms with Crippen molar-refractivity contribution in [1.29, 1.82) is 10.5 Å². The number of pyridine rings is 2. The maximum atomic E-state index is 13.4. The van der Waals surface area contributed by atoms with Crippen LogP contribution in [0, 0.1) is 22.7 Å². The summed E-state index contributed by atoms with van der Waals surface area (Å²) in [6.07, 6.45) is -1.27. The molecule has 1 aliphatic carbocycles. The summed E-state index contributed by atoms with van der Waals surface area (Å²) in [7, 11) is 0. The Bertz CT molecular complexity index is 1660. The minimum atomic E-state index is -4.31. The van der Waals surface area contributed by atoms with Crippen LogP contribution in [0.2, 0.25) is 0 Å². The summed E-state index contributed by atoms with van der Waals surface area (Å²) in [6.45, 7) is 0.154. The number of alkyl halides is 3. The molecular weight excluding hydrogens is 519 g/mol. The zero-order valence-electron chi connectivity index (χ0n) is 22.0. The van der Waals surface area contributed by atoms with Gasteiger partial charge in [0.2, 0.25) is 5.91 Å². The van der Waals surface area contributed by atoms with E-state index < -0.39 is 17.5 Å². The van der Waals surface area contributed by atoms with Crippen LogP contribution < -0.4 is 5.32 Å². The number of halogens is 3. The monoisotopic (exact) mass is 542 g/mol. The second-order valence-corrected chi connectivity index (χ2v) is 9.56. The maximum absolute atomic E-state index is 13.4. The Balaban J connectivity index is 1.35. The second-order valence-electron chi connectivity index (χ2n) is 9.56. The lowest BCUT2D eigenvalue weighted by Crippen LogP contribution is -2.28. The minimum absolute atomic E-state index is 0.0120. The van der Waals surface area contributed by atoms with Gasteiger partial charge in [-0.1, -0.05) is 24.3 Å². The van der Waals surface area contributed by atoms with Crippen LogP contribution in [0.15, 0.2) is 67.0 Å². The predicted octanol–water partition coefficient (Wildman–Crippen LogP) is 4.83. The molecule has 3 aromatic heterocycles. The van der Waals surface area contributed by atoms with Crippen molar-refractivity contribution in [2.45, 2.75) is 43.8 Å². The number of hydrogen-bond acceptors (Lipinski definition) is 6. The fourth-order valence-corrected chi connectivity index (χ4v) is 4.40. The Morgan fingerprint density at radius 1 is 1.00 bits per heavy atom. The molecule has 40 heavy (non-hydrogen) atoms. The van der Waals surface area contributed by atoms with Crippen molar-refractivity contribution in [3.63, 3.8) is 0 Å². The molecule has 1 amide bonds. The standard InChI is InChI=1S/C29H22F3N7O/c30-29(31,32)28(9-10-28)22-5-1-19(2-6-22)11-27(40)37-26-13-25(12-23-7-3-20(14-33)16-35-23)39(38-26)18-24-8-4-21(15-34)17-36-24/h1-8,13,16-17H,9-12,18H2,(H,37,38,40)/i13D. The molecule has 5 rings (SSSR count). The first-order valence-electron chi connectivity index (χ1n) is 12.8. The molecule has 0 atom stereocenters. The molecular formula is C29H22F3N7O. The van der Waals surface area contributed by atoms with Gasteiger partial charge in [-0.3, -0.25) is 19.4 Å². The van der Waals surface area contributed by atoms with Crippen molar-refractivity contribution in [2.24, 2.45) is 0 Å². The van der Waals surface area contributed by atoms with Gasteiger partial charge in [-0.2, -0.15) is 28.8 Å². The third-order valence-corrected chi connectivity index (χ3v) is 6.78. The summed E-state index contributed by atoms with van der Waals surface area (Å²) < 4.78 is 50.5. The topological polar surface area (TPSA) is 120 Å². The highest BCUT2D eigenvalue weighted by atomic mass is 19.4. The molecule has 1 aliphatic rings. The minimum Gasteiger partial charge on any atom is -0.309 e. The van der Waals surface area contributed by atoms with Gasteiger partial charge < -0.3 is 5.32 Å². The molecule has 1 saturated carbocycles. The molecule has 3 heterocycles. The molecule has 1 aromatic carbocycles. The fourth-order valence-electron chi connectivity index (χ4n) is 4.40. The first-order chi connectivity index (χ1) is 19.6. The van der Waals surface area contributed by atoms with E-state index >= 15 is 0 Å². The van der Waals surface area contributed by atoms with Crippen LogP contribution in [0.25, 0.3) is 0 Å². The van der Waals surface area contributed by atoms with Crippen molar-refractivity contribution in [2.75, 3.05) is 5.32 Å². The zero-order chi connectivity index (χ0) is 29.2. The average molecular weight is 543 g/mol. The van der Waals surface area contributed by atoms with E-state index in [-0.39, 0.29) is 49.7 Å². The number of carbonyl (C=O) groups excluding carboxylic acids is 1. The smallest absolute Gasteiger partial charge is 0.309 e. The van der Waals surface area contributed by atoms with E-state index in [1.54, 1.807) is 24.3 Å². The summed E-state index contributed by atoms with van der Waals surface area (Å²) in [5.74, 6) is -0.467. The van der Waals surface area contributed by atoms with Crippen LogP contribution in [0.5, 0.6) is 0 Å². The number of nitriles is 2. The van der Waals surface area contributed by atoms with E-state index in [0.717, 1.165) is 0 Å². The van der Waals surface area contributed by atoms with E-state index in [4.69, 9.17) is 11.9 Å². The number of nitrogens with zero attached hydrogens (tertiary/aromatic N) is 6. The van der Waals surface area contributed by atoms with Crippen LogP contribution in [-0.4, -0.2) is 31.8 Å². The summed E-state index contributed by atoms with van der Waals surface area (Å²) in [5, 5.41) is 25.1. The molecule has 1 fully saturated rings. The number of benzene rings is 1. The molecule has 0 unspecified atom stereocenters. The quantitative estimate of drug-likeness (QED) is 0.341. The molecule has 0 bridgehead atoms. The number of hydrogen-bond donors (Lipinski definition) is 1. The molecule has 0 aliphatic heterocycles. The summed E-state index contributed by atoms with van der Waals surface area (Å²) in [6, 6.07) is 16.4. The maximum Gasteiger partial charge on any atom is 0.398 e. The van der Waals surface area contributed by atoms with Crippen LogP contribution in [-0.2, 0) is 29.6 Å². The van der Waals surface area contributed by atoms with Gasteiger partial charge >= 0.3 is 6.18 Å². The molecule has 4 aromatic rings. The normalized spacial score (nSPS) is 14.1. The second kappa shape index (κ2) is 10.6. The average Bonchev–Trinajstić information content (AvgIpc) is 3.74. The summed E-state index contributed by atoms with van der Waals surface area (Å²) in [5.41, 5.74) is 1.31. The number of nitrogens with one attached hydrogen (secondary N) is 1. The van der Waals surface area contributed by atoms with Gasteiger partial charge in [-0.25, -0.2) is 0 Å². The van der Waals surface area contributed by atoms with Crippen molar-refractivity contribution >= 4 is 11.7 Å². The number of amides is 1. The van der Waals surface area contributed by atoms with Gasteiger partial charge in [-0.05, 0) is 48.2 Å². The van der Waals surface area contributed by atoms with Gasteiger partial charge in [0.15, 0.2) is 5.82 Å². The SMILES string of the molecule is [2H]c1c(NC(=O)Cc2ccc(C3(C(F)(F)F)CC3)cc2)nn(Cc2ccc(C#N)cn2)c1Cc1ccc(C#N)cn1. The van der Waals surface area contributed by atoms with Crippen molar-refractivity contribution < 1.29 is 19.3 Å². The van der Waals surface area contributed by atoms with Gasteiger partial charge in [0.1, 0.15) is 12.1 Å². The number of rotatable bonds is 8. The molecule has 200 valence electrons. The summed E-state index contributed by atoms with van der Waals surface area (Å²) in [4.78, 5) is 21.4. The van der Waals surface area contributed by atoms with E-state index in [2.05, 4.69) is 20.4 Å². The lowest BCUT2D eigenvalue weighted by molar-refractivity contribution is -0.160. The third kappa shape index (κ3) is 5.69. The lowest BCUT2D eigenvalue weighted by Gasteiger charge is -2.19. The molecule has 8 nitrogen and oxygen atoms in total. The Kier molecular flexibility index (Phi) is 6.71. The lowest BCUT2D eigenvalue weighted by atomic mass is 9.94. The molecule has 0 saturated heterocycles. The first-order valence-corrected chi connectivity index (χ1v) is 12.3. The predicted molar refractivity (Wildman–Crippen MR) is 138 cm³/mol. The van der Waals surface area contributed by atoms with Crippen molar-refractivity contribution in [3.8, 4) is 12.1 Å². The number of carbonyl (C=O) groups is 1. The largest absolute Gasteiger partial charge is 0.398 e. The van der Waals surface area contributed by atoms with Gasteiger partial charge in [-0.15, -0.1) is 0 Å². The van der Waals surface area contributed by atoms with E-state index in [1.165, 1.54) is 41.3 Å². The number of anilines is 1. The van der Waals surface area contributed by atoms with Crippen LogP contribution in [0.4, 0.5) is 19.0 Å². The molecule has 1 N–H and O–H groups in total. The van der Waals surface area contributed by atoms with Gasteiger partial charge in [0.25, 0.3) is 0 Å². The molecule has 11 heteroatoms. The first kappa shape index (κ1) is 25.3. The zero-order valence-corrected chi connectivity index (χ0v) is 21.0. The van der Waals surface area contributed by atoms with E-state index in [0.29, 0.717) is 33.8 Å². The van der Waals surface area contributed by atoms with Crippen LogP contribution in [0.1, 0.15) is 53.5 Å². The van der Waals surface area contributed by atoms with E-state index in [9.17, 15) is 18.0 Å². The van der Waals surface area contributed by atoms with Crippen LogP contribution in [0.3, 0.4) is 0 Å². The Labute approximate surface area is 229 Å². The number of aromatic nitrogens is 4.